The number of aromatic nitrogens is 3. The normalized spacial score (nSPS) is 11.8. The lowest BCUT2D eigenvalue weighted by Gasteiger charge is -2.18. The molecule has 1 N–H and O–H groups in total. The summed E-state index contributed by atoms with van der Waals surface area (Å²) in [5.74, 6) is 1.59. The van der Waals surface area contributed by atoms with Gasteiger partial charge < -0.3 is 4.98 Å². The molecule has 0 aliphatic rings. The minimum Gasteiger partial charge on any atom is -0.321 e. The van der Waals surface area contributed by atoms with Gasteiger partial charge in [-0.1, -0.05) is 87.5 Å². The second-order valence-corrected chi connectivity index (χ2v) is 7.38. The number of H-pyrrole nitrogens is 1. The molecule has 0 saturated heterocycles. The Morgan fingerprint density at radius 3 is 2.16 bits per heavy atom. The molecule has 0 spiro atoms. The van der Waals surface area contributed by atoms with Crippen LogP contribution in [0.2, 0.25) is 0 Å². The summed E-state index contributed by atoms with van der Waals surface area (Å²) in [6, 6.07) is 23.1. The maximum absolute atomic E-state index is 4.38. The molecule has 4 aromatic rings. The van der Waals surface area contributed by atoms with E-state index in [9.17, 15) is 0 Å². The highest BCUT2D eigenvalue weighted by atomic mass is 15.2. The smallest absolute Gasteiger partial charge is 0.162 e. The van der Waals surface area contributed by atoms with Crippen LogP contribution in [-0.4, -0.2) is 15.2 Å². The van der Waals surface area contributed by atoms with Crippen molar-refractivity contribution in [3.63, 3.8) is 0 Å². The van der Waals surface area contributed by atoms with E-state index in [4.69, 9.17) is 0 Å². The SMILES string of the molecule is CC(C)(C)c1ccc(-c2nnc(-c3cccc4ccccc34)[nH]2)cc1. The third kappa shape index (κ3) is 2.93. The van der Waals surface area contributed by atoms with Gasteiger partial charge in [0.1, 0.15) is 0 Å². The molecule has 3 nitrogen and oxygen atoms in total. The van der Waals surface area contributed by atoms with Crippen LogP contribution in [0.4, 0.5) is 0 Å². The van der Waals surface area contributed by atoms with Gasteiger partial charge in [0.15, 0.2) is 11.6 Å². The molecule has 0 bridgehead atoms. The number of hydrogen-bond acceptors (Lipinski definition) is 2. The highest BCUT2D eigenvalue weighted by Gasteiger charge is 2.14. The Morgan fingerprint density at radius 1 is 0.720 bits per heavy atom. The Hall–Kier alpha value is -2.94. The first kappa shape index (κ1) is 15.6. The van der Waals surface area contributed by atoms with Gasteiger partial charge in [-0.15, -0.1) is 10.2 Å². The van der Waals surface area contributed by atoms with Crippen molar-refractivity contribution in [2.24, 2.45) is 0 Å². The van der Waals surface area contributed by atoms with Crippen LogP contribution in [0.5, 0.6) is 0 Å². The van der Waals surface area contributed by atoms with E-state index in [1.807, 2.05) is 6.07 Å². The molecule has 1 aromatic heterocycles. The largest absolute Gasteiger partial charge is 0.321 e. The summed E-state index contributed by atoms with van der Waals surface area (Å²) >= 11 is 0. The second-order valence-electron chi connectivity index (χ2n) is 7.38. The quantitative estimate of drug-likeness (QED) is 0.521. The molecule has 3 aromatic carbocycles. The van der Waals surface area contributed by atoms with Crippen molar-refractivity contribution in [1.29, 1.82) is 0 Å². The van der Waals surface area contributed by atoms with Crippen molar-refractivity contribution < 1.29 is 0 Å². The molecule has 3 heteroatoms. The lowest BCUT2D eigenvalue weighted by molar-refractivity contribution is 0.590. The third-order valence-electron chi connectivity index (χ3n) is 4.56. The van der Waals surface area contributed by atoms with Crippen LogP contribution < -0.4 is 0 Å². The van der Waals surface area contributed by atoms with Crippen LogP contribution in [0.1, 0.15) is 26.3 Å². The zero-order valence-corrected chi connectivity index (χ0v) is 14.7. The van der Waals surface area contributed by atoms with Gasteiger partial charge in [-0.25, -0.2) is 0 Å². The number of aromatic amines is 1. The Kier molecular flexibility index (Phi) is 3.65. The summed E-state index contributed by atoms with van der Waals surface area (Å²) in [5, 5.41) is 11.1. The van der Waals surface area contributed by atoms with E-state index in [-0.39, 0.29) is 5.41 Å². The fraction of sp³-hybridized carbons (Fsp3) is 0.182. The van der Waals surface area contributed by atoms with Crippen LogP contribution in [-0.2, 0) is 5.41 Å². The van der Waals surface area contributed by atoms with E-state index in [0.29, 0.717) is 0 Å². The Labute approximate surface area is 147 Å². The number of benzene rings is 3. The van der Waals surface area contributed by atoms with Gasteiger partial charge in [-0.3, -0.25) is 0 Å². The van der Waals surface area contributed by atoms with Gasteiger partial charge in [-0.2, -0.15) is 0 Å². The van der Waals surface area contributed by atoms with Crippen LogP contribution in [0.15, 0.2) is 66.7 Å². The first-order valence-corrected chi connectivity index (χ1v) is 8.54. The fourth-order valence-corrected chi connectivity index (χ4v) is 3.07. The number of rotatable bonds is 2. The summed E-state index contributed by atoms with van der Waals surface area (Å²) in [6.45, 7) is 6.65. The third-order valence-corrected chi connectivity index (χ3v) is 4.56. The lowest BCUT2D eigenvalue weighted by Crippen LogP contribution is -2.10. The predicted molar refractivity (Wildman–Crippen MR) is 103 cm³/mol. The molecule has 0 radical (unpaired) electrons. The highest BCUT2D eigenvalue weighted by Crippen LogP contribution is 2.28. The molecule has 0 saturated carbocycles. The Morgan fingerprint density at radius 2 is 1.40 bits per heavy atom. The van der Waals surface area contributed by atoms with Crippen LogP contribution in [0, 0.1) is 0 Å². The van der Waals surface area contributed by atoms with Gasteiger partial charge in [0.2, 0.25) is 0 Å². The van der Waals surface area contributed by atoms with Crippen molar-refractivity contribution in [2.75, 3.05) is 0 Å². The van der Waals surface area contributed by atoms with E-state index >= 15 is 0 Å². The van der Waals surface area contributed by atoms with Gasteiger partial charge in [0.25, 0.3) is 0 Å². The van der Waals surface area contributed by atoms with E-state index in [0.717, 1.165) is 22.8 Å². The average Bonchev–Trinajstić information content (AvgIpc) is 3.10. The average molecular weight is 327 g/mol. The molecule has 0 aliphatic carbocycles. The lowest BCUT2D eigenvalue weighted by atomic mass is 9.87. The standard InChI is InChI=1S/C22H21N3/c1-22(2,3)17-13-11-16(12-14-17)20-23-21(25-24-20)19-10-6-8-15-7-4-5-9-18(15)19/h4-14H,1-3H3,(H,23,24,25). The minimum absolute atomic E-state index is 0.147. The molecular weight excluding hydrogens is 306 g/mol. The number of hydrogen-bond donors (Lipinski definition) is 1. The molecule has 1 heterocycles. The number of nitrogens with one attached hydrogen (secondary N) is 1. The summed E-state index contributed by atoms with van der Waals surface area (Å²) in [6.07, 6.45) is 0. The Balaban J connectivity index is 1.73. The van der Waals surface area contributed by atoms with Gasteiger partial charge in [-0.05, 0) is 21.8 Å². The molecule has 25 heavy (non-hydrogen) atoms. The van der Waals surface area contributed by atoms with E-state index < -0.39 is 0 Å². The zero-order chi connectivity index (χ0) is 17.4. The molecule has 0 atom stereocenters. The van der Waals surface area contributed by atoms with Crippen LogP contribution in [0.25, 0.3) is 33.5 Å². The van der Waals surface area contributed by atoms with E-state index in [1.165, 1.54) is 16.3 Å². The molecule has 4 rings (SSSR count). The zero-order valence-electron chi connectivity index (χ0n) is 14.7. The molecule has 0 amide bonds. The van der Waals surface area contributed by atoms with Crippen molar-refractivity contribution in [3.8, 4) is 22.8 Å². The monoisotopic (exact) mass is 327 g/mol. The minimum atomic E-state index is 0.147. The van der Waals surface area contributed by atoms with Crippen LogP contribution in [0.3, 0.4) is 0 Å². The van der Waals surface area contributed by atoms with Gasteiger partial charge in [0, 0.05) is 11.1 Å². The van der Waals surface area contributed by atoms with E-state index in [1.54, 1.807) is 0 Å². The summed E-state index contributed by atoms with van der Waals surface area (Å²) in [5.41, 5.74) is 3.58. The Bertz CT molecular complexity index is 1020. The van der Waals surface area contributed by atoms with Crippen molar-refractivity contribution in [3.05, 3.63) is 72.3 Å². The van der Waals surface area contributed by atoms with Crippen molar-refractivity contribution >= 4 is 10.8 Å². The van der Waals surface area contributed by atoms with Crippen LogP contribution >= 0.6 is 0 Å². The molecule has 0 aliphatic heterocycles. The molecule has 0 unspecified atom stereocenters. The second kappa shape index (κ2) is 5.85. The predicted octanol–water partition coefficient (Wildman–Crippen LogP) is 5.59. The number of fused-ring (bicyclic) bond motifs is 1. The summed E-state index contributed by atoms with van der Waals surface area (Å²) < 4.78 is 0. The summed E-state index contributed by atoms with van der Waals surface area (Å²) in [4.78, 5) is 3.37. The fourth-order valence-electron chi connectivity index (χ4n) is 3.07. The van der Waals surface area contributed by atoms with Crippen molar-refractivity contribution in [1.82, 2.24) is 15.2 Å². The maximum atomic E-state index is 4.38. The maximum Gasteiger partial charge on any atom is 0.162 e. The van der Waals surface area contributed by atoms with E-state index in [2.05, 4.69) is 96.6 Å². The summed E-state index contributed by atoms with van der Waals surface area (Å²) in [7, 11) is 0. The first-order valence-electron chi connectivity index (χ1n) is 8.54. The molecule has 0 fully saturated rings. The highest BCUT2D eigenvalue weighted by molar-refractivity contribution is 5.95. The topological polar surface area (TPSA) is 41.6 Å². The van der Waals surface area contributed by atoms with Gasteiger partial charge >= 0.3 is 0 Å². The first-order chi connectivity index (χ1) is 12.0. The van der Waals surface area contributed by atoms with Crippen molar-refractivity contribution in [2.45, 2.75) is 26.2 Å². The number of nitrogens with zero attached hydrogens (tertiary/aromatic N) is 2. The molecular formula is C22H21N3. The van der Waals surface area contributed by atoms with Gasteiger partial charge in [0.05, 0.1) is 0 Å². The molecule has 124 valence electrons.